The molecule has 3 N–H and O–H groups in total. The van der Waals surface area contributed by atoms with Crippen LogP contribution in [0.2, 0.25) is 0 Å². The van der Waals surface area contributed by atoms with Gasteiger partial charge < -0.3 is 10.7 Å². The molecule has 0 aliphatic heterocycles. The molecule has 0 unspecified atom stereocenters. The lowest BCUT2D eigenvalue weighted by atomic mass is 10.1. The number of hydrogen-bond acceptors (Lipinski definition) is 2. The number of rotatable bonds is 1. The van der Waals surface area contributed by atoms with E-state index < -0.39 is 0 Å². The molecule has 1 aliphatic rings. The molecule has 1 heterocycles. The zero-order valence-electron chi connectivity index (χ0n) is 8.91. The smallest absolute Gasteiger partial charge is 0.151 e. The average Bonchev–Trinajstić information content (AvgIpc) is 2.84. The number of nitrogens with one attached hydrogen (secondary N) is 1. The molecule has 2 aromatic rings. The molecule has 1 aromatic heterocycles. The highest BCUT2D eigenvalue weighted by Gasteiger charge is 2.25. The number of benzene rings is 1. The van der Waals surface area contributed by atoms with Crippen molar-refractivity contribution in [3.05, 3.63) is 29.8 Å². The number of H-pyrrole nitrogens is 1. The average molecular weight is 219 g/mol. The number of para-hydroxylation sites is 1. The largest absolute Gasteiger partial charge is 0.342 e. The van der Waals surface area contributed by atoms with Crippen molar-refractivity contribution in [2.24, 2.45) is 5.73 Å². The first kappa shape index (κ1) is 9.78. The topological polar surface area (TPSA) is 54.7 Å². The monoisotopic (exact) mass is 219 g/mol. The van der Waals surface area contributed by atoms with Gasteiger partial charge in [-0.05, 0) is 31.4 Å². The van der Waals surface area contributed by atoms with E-state index in [1.165, 1.54) is 6.07 Å². The van der Waals surface area contributed by atoms with Crippen LogP contribution < -0.4 is 5.73 Å². The number of halogens is 1. The van der Waals surface area contributed by atoms with Crippen molar-refractivity contribution in [3.8, 4) is 0 Å². The van der Waals surface area contributed by atoms with Gasteiger partial charge in [-0.1, -0.05) is 6.07 Å². The molecule has 84 valence electrons. The first-order chi connectivity index (χ1) is 7.74. The number of nitrogens with zero attached hydrogens (tertiary/aromatic N) is 1. The molecule has 4 heteroatoms. The predicted molar refractivity (Wildman–Crippen MR) is 60.6 cm³/mol. The summed E-state index contributed by atoms with van der Waals surface area (Å²) in [5, 5.41) is 0. The number of aromatic nitrogens is 2. The van der Waals surface area contributed by atoms with Gasteiger partial charge in [0.2, 0.25) is 0 Å². The Labute approximate surface area is 92.9 Å². The van der Waals surface area contributed by atoms with Gasteiger partial charge in [-0.3, -0.25) is 0 Å². The maximum Gasteiger partial charge on any atom is 0.151 e. The summed E-state index contributed by atoms with van der Waals surface area (Å²) in [6.07, 6.45) is 3.02. The van der Waals surface area contributed by atoms with Crippen LogP contribution in [0.3, 0.4) is 0 Å². The zero-order valence-corrected chi connectivity index (χ0v) is 8.91. The van der Waals surface area contributed by atoms with E-state index in [-0.39, 0.29) is 11.9 Å². The Bertz CT molecular complexity index is 520. The molecule has 1 aromatic carbocycles. The van der Waals surface area contributed by atoms with E-state index in [9.17, 15) is 4.39 Å². The third-order valence-corrected chi connectivity index (χ3v) is 3.34. The Morgan fingerprint density at radius 1 is 1.38 bits per heavy atom. The minimum Gasteiger partial charge on any atom is -0.342 e. The fourth-order valence-corrected chi connectivity index (χ4v) is 2.47. The molecular weight excluding hydrogens is 205 g/mol. The second kappa shape index (κ2) is 3.56. The number of imidazole rings is 1. The van der Waals surface area contributed by atoms with Crippen molar-refractivity contribution in [1.82, 2.24) is 9.97 Å². The van der Waals surface area contributed by atoms with E-state index in [4.69, 9.17) is 5.73 Å². The second-order valence-electron chi connectivity index (χ2n) is 4.53. The molecule has 3 rings (SSSR count). The first-order valence-corrected chi connectivity index (χ1v) is 5.64. The maximum atomic E-state index is 13.5. The van der Waals surface area contributed by atoms with E-state index in [0.717, 1.165) is 30.6 Å². The van der Waals surface area contributed by atoms with Gasteiger partial charge in [0.1, 0.15) is 11.3 Å². The van der Waals surface area contributed by atoms with Crippen molar-refractivity contribution < 1.29 is 4.39 Å². The molecule has 1 fully saturated rings. The summed E-state index contributed by atoms with van der Waals surface area (Å²) in [6, 6.07) is 5.25. The SMILES string of the molecule is N[C@H]1CC[C@@H](c2nc3c(F)cccc3[nH]2)C1. The third kappa shape index (κ3) is 1.50. The summed E-state index contributed by atoms with van der Waals surface area (Å²) in [5.74, 6) is 0.983. The van der Waals surface area contributed by atoms with Crippen LogP contribution in [-0.2, 0) is 0 Å². The summed E-state index contributed by atoms with van der Waals surface area (Å²) in [7, 11) is 0. The van der Waals surface area contributed by atoms with Crippen molar-refractivity contribution in [2.45, 2.75) is 31.2 Å². The molecule has 3 nitrogen and oxygen atoms in total. The van der Waals surface area contributed by atoms with Gasteiger partial charge in [0.15, 0.2) is 5.82 Å². The van der Waals surface area contributed by atoms with E-state index in [1.807, 2.05) is 6.07 Å². The number of nitrogens with two attached hydrogens (primary N) is 1. The van der Waals surface area contributed by atoms with Gasteiger partial charge in [-0.2, -0.15) is 0 Å². The molecule has 1 aliphatic carbocycles. The molecule has 2 atom stereocenters. The lowest BCUT2D eigenvalue weighted by Crippen LogP contribution is -2.14. The van der Waals surface area contributed by atoms with Crippen LogP contribution in [0.1, 0.15) is 31.0 Å². The fraction of sp³-hybridized carbons (Fsp3) is 0.417. The van der Waals surface area contributed by atoms with Crippen LogP contribution in [0.5, 0.6) is 0 Å². The normalized spacial score (nSPS) is 25.4. The fourth-order valence-electron chi connectivity index (χ4n) is 2.47. The Hall–Kier alpha value is -1.42. The first-order valence-electron chi connectivity index (χ1n) is 5.64. The van der Waals surface area contributed by atoms with Gasteiger partial charge in [-0.15, -0.1) is 0 Å². The summed E-state index contributed by atoms with van der Waals surface area (Å²) in [5.41, 5.74) is 7.09. The zero-order chi connectivity index (χ0) is 11.1. The van der Waals surface area contributed by atoms with Crippen molar-refractivity contribution in [2.75, 3.05) is 0 Å². The van der Waals surface area contributed by atoms with Gasteiger partial charge in [0.25, 0.3) is 0 Å². The molecule has 0 bridgehead atoms. The van der Waals surface area contributed by atoms with Gasteiger partial charge in [0.05, 0.1) is 5.52 Å². The predicted octanol–water partition coefficient (Wildman–Crippen LogP) is 2.30. The van der Waals surface area contributed by atoms with Gasteiger partial charge in [-0.25, -0.2) is 9.37 Å². The second-order valence-corrected chi connectivity index (χ2v) is 4.53. The quantitative estimate of drug-likeness (QED) is 0.773. The molecule has 0 radical (unpaired) electrons. The van der Waals surface area contributed by atoms with Crippen LogP contribution >= 0.6 is 0 Å². The number of hydrogen-bond donors (Lipinski definition) is 2. The Balaban J connectivity index is 2.02. The standard InChI is InChI=1S/C12H14FN3/c13-9-2-1-3-10-11(9)16-12(15-10)7-4-5-8(14)6-7/h1-3,7-8H,4-6,14H2,(H,15,16)/t7-,8+/m1/s1. The molecular formula is C12H14FN3. The third-order valence-electron chi connectivity index (χ3n) is 3.34. The maximum absolute atomic E-state index is 13.5. The summed E-state index contributed by atoms with van der Waals surface area (Å²) >= 11 is 0. The van der Waals surface area contributed by atoms with E-state index in [0.29, 0.717) is 11.4 Å². The van der Waals surface area contributed by atoms with Crippen LogP contribution in [0.4, 0.5) is 4.39 Å². The van der Waals surface area contributed by atoms with Crippen LogP contribution in [0, 0.1) is 5.82 Å². The van der Waals surface area contributed by atoms with E-state index in [2.05, 4.69) is 9.97 Å². The van der Waals surface area contributed by atoms with Crippen molar-refractivity contribution >= 4 is 11.0 Å². The summed E-state index contributed by atoms with van der Waals surface area (Å²) < 4.78 is 13.5. The van der Waals surface area contributed by atoms with E-state index in [1.54, 1.807) is 6.07 Å². The molecule has 0 amide bonds. The van der Waals surface area contributed by atoms with Crippen molar-refractivity contribution in [3.63, 3.8) is 0 Å². The van der Waals surface area contributed by atoms with E-state index >= 15 is 0 Å². The van der Waals surface area contributed by atoms with Crippen LogP contribution in [0.25, 0.3) is 11.0 Å². The molecule has 16 heavy (non-hydrogen) atoms. The number of fused-ring (bicyclic) bond motifs is 1. The van der Waals surface area contributed by atoms with Gasteiger partial charge in [0, 0.05) is 12.0 Å². The van der Waals surface area contributed by atoms with Gasteiger partial charge >= 0.3 is 0 Å². The summed E-state index contributed by atoms with van der Waals surface area (Å²) in [4.78, 5) is 7.53. The highest BCUT2D eigenvalue weighted by atomic mass is 19.1. The van der Waals surface area contributed by atoms with Crippen LogP contribution in [-0.4, -0.2) is 16.0 Å². The van der Waals surface area contributed by atoms with Crippen LogP contribution in [0.15, 0.2) is 18.2 Å². The molecule has 0 saturated heterocycles. The Morgan fingerprint density at radius 2 is 2.25 bits per heavy atom. The Morgan fingerprint density at radius 3 is 2.94 bits per heavy atom. The highest BCUT2D eigenvalue weighted by Crippen LogP contribution is 2.33. The lowest BCUT2D eigenvalue weighted by molar-refractivity contribution is 0.633. The highest BCUT2D eigenvalue weighted by molar-refractivity contribution is 5.75. The minimum atomic E-state index is -0.262. The minimum absolute atomic E-state index is 0.262. The Kier molecular flexibility index (Phi) is 2.17. The number of aromatic amines is 1. The lowest BCUT2D eigenvalue weighted by Gasteiger charge is -2.04. The molecule has 1 saturated carbocycles. The summed E-state index contributed by atoms with van der Waals surface area (Å²) in [6.45, 7) is 0. The van der Waals surface area contributed by atoms with Crippen molar-refractivity contribution in [1.29, 1.82) is 0 Å². The molecule has 0 spiro atoms.